The Labute approximate surface area is 182 Å². The second-order valence-electron chi connectivity index (χ2n) is 6.53. The van der Waals surface area contributed by atoms with Crippen molar-refractivity contribution >= 4 is 34.1 Å². The summed E-state index contributed by atoms with van der Waals surface area (Å²) in [6.45, 7) is 1.23. The van der Waals surface area contributed by atoms with E-state index in [1.165, 1.54) is 0 Å². The molecule has 14 heteroatoms. The largest absolute Gasteiger partial charge is 0.445 e. The number of halogens is 3. The molecule has 1 unspecified atom stereocenters. The van der Waals surface area contributed by atoms with Gasteiger partial charge in [0.2, 0.25) is 16.0 Å². The van der Waals surface area contributed by atoms with Crippen LogP contribution in [0.3, 0.4) is 0 Å². The number of rotatable bonds is 7. The van der Waals surface area contributed by atoms with Crippen molar-refractivity contribution in [1.82, 2.24) is 29.9 Å². The molecule has 0 bridgehead atoms. The van der Waals surface area contributed by atoms with Crippen LogP contribution in [0, 0.1) is 0 Å². The number of carbonyl (C=O) groups is 1. The fourth-order valence-electron chi connectivity index (χ4n) is 2.94. The summed E-state index contributed by atoms with van der Waals surface area (Å²) in [6, 6.07) is 3.62. The number of alkyl halides is 3. The topological polar surface area (TPSA) is 108 Å². The lowest BCUT2D eigenvalue weighted by atomic mass is 10.2. The van der Waals surface area contributed by atoms with Gasteiger partial charge in [0.05, 0.1) is 18.4 Å². The summed E-state index contributed by atoms with van der Waals surface area (Å²) in [5, 5.41) is 16.4. The van der Waals surface area contributed by atoms with Crippen molar-refractivity contribution in [2.45, 2.75) is 36.8 Å². The van der Waals surface area contributed by atoms with E-state index in [9.17, 15) is 18.0 Å². The lowest BCUT2D eigenvalue weighted by molar-refractivity contribution is -0.138. The molecule has 4 heterocycles. The number of amides is 1. The van der Waals surface area contributed by atoms with E-state index in [4.69, 9.17) is 4.74 Å². The molecule has 1 aliphatic heterocycles. The fraction of sp³-hybridized carbons (Fsp3) is 0.412. The molecule has 0 spiro atoms. The highest BCUT2D eigenvalue weighted by atomic mass is 32.2. The molecule has 9 nitrogen and oxygen atoms in total. The number of hydrogen-bond acceptors (Lipinski definition) is 9. The van der Waals surface area contributed by atoms with E-state index in [1.807, 2.05) is 16.7 Å². The Morgan fingerprint density at radius 1 is 1.26 bits per heavy atom. The minimum Gasteiger partial charge on any atom is -0.376 e. The average Bonchev–Trinajstić information content (AvgIpc) is 3.49. The predicted molar refractivity (Wildman–Crippen MR) is 106 cm³/mol. The summed E-state index contributed by atoms with van der Waals surface area (Å²) in [7, 11) is 0. The van der Waals surface area contributed by atoms with Crippen molar-refractivity contribution < 1.29 is 22.7 Å². The lowest BCUT2D eigenvalue weighted by Gasteiger charge is -2.14. The SMILES string of the molecule is O=C(CSc1nnc(-c2ccncc2)n1CC1CCCO1)Nc1nnc(C(F)(F)F)s1. The molecule has 0 saturated carbocycles. The maximum Gasteiger partial charge on any atom is 0.445 e. The zero-order valence-electron chi connectivity index (χ0n) is 15.9. The molecule has 1 amide bonds. The second kappa shape index (κ2) is 9.28. The van der Waals surface area contributed by atoms with Crippen LogP contribution in [0.15, 0.2) is 29.7 Å². The number of nitrogens with zero attached hydrogens (tertiary/aromatic N) is 6. The Kier molecular flexibility index (Phi) is 6.48. The maximum atomic E-state index is 12.6. The van der Waals surface area contributed by atoms with Crippen molar-refractivity contribution in [3.8, 4) is 11.4 Å². The zero-order chi connectivity index (χ0) is 21.8. The Morgan fingerprint density at radius 2 is 2.06 bits per heavy atom. The first-order valence-electron chi connectivity index (χ1n) is 9.18. The van der Waals surface area contributed by atoms with Crippen LogP contribution in [0.5, 0.6) is 0 Å². The third-order valence-corrected chi connectivity index (χ3v) is 6.16. The normalized spacial score (nSPS) is 16.5. The minimum atomic E-state index is -4.60. The van der Waals surface area contributed by atoms with Crippen molar-refractivity contribution in [2.75, 3.05) is 17.7 Å². The maximum absolute atomic E-state index is 12.6. The van der Waals surface area contributed by atoms with Crippen molar-refractivity contribution in [2.24, 2.45) is 0 Å². The van der Waals surface area contributed by atoms with Gasteiger partial charge in [-0.2, -0.15) is 13.2 Å². The number of hydrogen-bond donors (Lipinski definition) is 1. The number of pyridine rings is 1. The highest BCUT2D eigenvalue weighted by Gasteiger charge is 2.35. The standard InChI is InChI=1S/C17H16F3N7O2S2/c18-17(19,20)14-24-25-15(31-14)22-12(28)9-30-16-26-23-13(10-3-5-21-6-4-10)27(16)8-11-2-1-7-29-11/h3-6,11H,1-2,7-9H2,(H,22,25,28). The van der Waals surface area contributed by atoms with E-state index >= 15 is 0 Å². The lowest BCUT2D eigenvalue weighted by Crippen LogP contribution is -2.18. The monoisotopic (exact) mass is 471 g/mol. The molecule has 1 aliphatic rings. The number of aromatic nitrogens is 6. The Balaban J connectivity index is 1.45. The van der Waals surface area contributed by atoms with Gasteiger partial charge in [-0.1, -0.05) is 23.1 Å². The van der Waals surface area contributed by atoms with E-state index in [1.54, 1.807) is 12.4 Å². The van der Waals surface area contributed by atoms with Gasteiger partial charge >= 0.3 is 6.18 Å². The summed E-state index contributed by atoms with van der Waals surface area (Å²) < 4.78 is 45.5. The first-order valence-corrected chi connectivity index (χ1v) is 11.0. The van der Waals surface area contributed by atoms with Crippen LogP contribution < -0.4 is 5.32 Å². The van der Waals surface area contributed by atoms with Crippen molar-refractivity contribution in [3.63, 3.8) is 0 Å². The molecule has 3 aromatic heterocycles. The fourth-order valence-corrected chi connectivity index (χ4v) is 4.32. The number of ether oxygens (including phenoxy) is 1. The van der Waals surface area contributed by atoms with E-state index in [0.29, 0.717) is 24.1 Å². The van der Waals surface area contributed by atoms with Crippen LogP contribution in [0.25, 0.3) is 11.4 Å². The summed E-state index contributed by atoms with van der Waals surface area (Å²) in [5.41, 5.74) is 0.824. The second-order valence-corrected chi connectivity index (χ2v) is 8.45. The number of thioether (sulfide) groups is 1. The van der Waals surface area contributed by atoms with Gasteiger partial charge in [-0.15, -0.1) is 20.4 Å². The van der Waals surface area contributed by atoms with Crippen molar-refractivity contribution in [3.05, 3.63) is 29.5 Å². The molecule has 0 aromatic carbocycles. The minimum absolute atomic E-state index is 0.0203. The van der Waals surface area contributed by atoms with E-state index in [-0.39, 0.29) is 28.3 Å². The van der Waals surface area contributed by atoms with Gasteiger partial charge in [-0.3, -0.25) is 19.7 Å². The van der Waals surface area contributed by atoms with Crippen LogP contribution in [0.4, 0.5) is 18.3 Å². The number of nitrogens with one attached hydrogen (secondary N) is 1. The predicted octanol–water partition coefficient (Wildman–Crippen LogP) is 3.12. The smallest absolute Gasteiger partial charge is 0.376 e. The summed E-state index contributed by atoms with van der Waals surface area (Å²) in [6.07, 6.45) is 0.612. The van der Waals surface area contributed by atoms with Crippen molar-refractivity contribution in [1.29, 1.82) is 0 Å². The third kappa shape index (κ3) is 5.37. The first kappa shape index (κ1) is 21.6. The molecule has 1 fully saturated rings. The van der Waals surface area contributed by atoms with Gasteiger partial charge in [0.1, 0.15) is 0 Å². The van der Waals surface area contributed by atoms with Gasteiger partial charge in [-0.05, 0) is 25.0 Å². The molecule has 0 aliphatic carbocycles. The molecule has 0 radical (unpaired) electrons. The molecule has 4 rings (SSSR count). The average molecular weight is 471 g/mol. The quantitative estimate of drug-likeness (QED) is 0.524. The molecule has 1 N–H and O–H groups in total. The van der Waals surface area contributed by atoms with Crippen LogP contribution in [0.1, 0.15) is 17.8 Å². The Morgan fingerprint density at radius 3 is 2.74 bits per heavy atom. The molecule has 1 atom stereocenters. The molecule has 3 aromatic rings. The van der Waals surface area contributed by atoms with E-state index in [2.05, 4.69) is 30.7 Å². The van der Waals surface area contributed by atoms with Gasteiger partial charge in [0, 0.05) is 24.6 Å². The Hall–Kier alpha value is -2.58. The van der Waals surface area contributed by atoms with Crippen LogP contribution >= 0.6 is 23.1 Å². The summed E-state index contributed by atoms with van der Waals surface area (Å²) in [4.78, 5) is 16.2. The van der Waals surface area contributed by atoms with E-state index in [0.717, 1.165) is 30.2 Å². The zero-order valence-corrected chi connectivity index (χ0v) is 17.5. The number of anilines is 1. The molecule has 31 heavy (non-hydrogen) atoms. The summed E-state index contributed by atoms with van der Waals surface area (Å²) in [5.74, 6) is 0.0211. The number of carbonyl (C=O) groups excluding carboxylic acids is 1. The highest BCUT2D eigenvalue weighted by Crippen LogP contribution is 2.33. The van der Waals surface area contributed by atoms with Gasteiger partial charge < -0.3 is 4.74 Å². The van der Waals surface area contributed by atoms with Gasteiger partial charge in [0.25, 0.3) is 0 Å². The van der Waals surface area contributed by atoms with Crippen LogP contribution in [-0.4, -0.2) is 54.3 Å². The van der Waals surface area contributed by atoms with E-state index < -0.39 is 17.1 Å². The molecular weight excluding hydrogens is 455 g/mol. The third-order valence-electron chi connectivity index (χ3n) is 4.31. The van der Waals surface area contributed by atoms with Crippen LogP contribution in [-0.2, 0) is 22.3 Å². The molecule has 164 valence electrons. The highest BCUT2D eigenvalue weighted by molar-refractivity contribution is 7.99. The molecule has 1 saturated heterocycles. The first-order chi connectivity index (χ1) is 14.9. The summed E-state index contributed by atoms with van der Waals surface area (Å²) >= 11 is 1.40. The Bertz CT molecular complexity index is 1040. The van der Waals surface area contributed by atoms with Gasteiger partial charge in [-0.25, -0.2) is 0 Å². The van der Waals surface area contributed by atoms with Crippen LogP contribution in [0.2, 0.25) is 0 Å². The molecular formula is C17H16F3N7O2S2. The van der Waals surface area contributed by atoms with Gasteiger partial charge in [0.15, 0.2) is 11.0 Å².